The maximum Gasteiger partial charge on any atom is 0.0682 e. The second-order valence-corrected chi connectivity index (χ2v) is 8.32. The van der Waals surface area contributed by atoms with Crippen molar-refractivity contribution in [2.45, 2.75) is 6.61 Å². The Morgan fingerprint density at radius 2 is 1.12 bits per heavy atom. The summed E-state index contributed by atoms with van der Waals surface area (Å²) in [5.41, 5.74) is 4.15. The summed E-state index contributed by atoms with van der Waals surface area (Å²) in [7, 11) is 0. The Kier molecular flexibility index (Phi) is 4.79. The van der Waals surface area contributed by atoms with Crippen molar-refractivity contribution in [3.63, 3.8) is 0 Å². The highest BCUT2D eigenvalue weighted by Crippen LogP contribution is 2.44. The highest BCUT2D eigenvalue weighted by molar-refractivity contribution is 6.15. The molecule has 0 aliphatic heterocycles. The molecule has 6 rings (SSSR count). The van der Waals surface area contributed by atoms with Gasteiger partial charge in [-0.25, -0.2) is 0 Å². The fraction of sp³-hybridized carbons (Fsp3) is 0.0323. The van der Waals surface area contributed by atoms with Crippen molar-refractivity contribution in [1.82, 2.24) is 0 Å². The Morgan fingerprint density at radius 1 is 0.485 bits per heavy atom. The van der Waals surface area contributed by atoms with Gasteiger partial charge in [-0.15, -0.1) is 0 Å². The molecule has 0 aromatic heterocycles. The second kappa shape index (κ2) is 8.09. The fourth-order valence-corrected chi connectivity index (χ4v) is 4.82. The van der Waals surface area contributed by atoms with Gasteiger partial charge in [0.15, 0.2) is 0 Å². The van der Waals surface area contributed by atoms with Gasteiger partial charge in [0.2, 0.25) is 0 Å². The first-order valence-corrected chi connectivity index (χ1v) is 11.2. The Balaban J connectivity index is 1.74. The molecular weight excluding hydrogens is 402 g/mol. The van der Waals surface area contributed by atoms with Gasteiger partial charge in [0.1, 0.15) is 0 Å². The Labute approximate surface area is 193 Å². The lowest BCUT2D eigenvalue weighted by Crippen LogP contribution is -2.11. The molecule has 0 amide bonds. The quantitative estimate of drug-likeness (QED) is 0.288. The molecule has 158 valence electrons. The van der Waals surface area contributed by atoms with Gasteiger partial charge in [0.25, 0.3) is 0 Å². The van der Waals surface area contributed by atoms with E-state index in [9.17, 15) is 5.11 Å². The van der Waals surface area contributed by atoms with Crippen molar-refractivity contribution in [1.29, 1.82) is 0 Å². The molecule has 0 saturated carbocycles. The molecule has 0 unspecified atom stereocenters. The van der Waals surface area contributed by atoms with Crippen LogP contribution in [0, 0.1) is 0 Å². The molecule has 2 nitrogen and oxygen atoms in total. The molecule has 0 spiro atoms. The normalized spacial score (nSPS) is 11.3. The molecule has 0 bridgehead atoms. The third-order valence-electron chi connectivity index (χ3n) is 6.35. The average molecular weight is 426 g/mol. The van der Waals surface area contributed by atoms with E-state index in [1.807, 2.05) is 12.1 Å². The highest BCUT2D eigenvalue weighted by atomic mass is 16.3. The number of aliphatic hydroxyl groups is 1. The van der Waals surface area contributed by atoms with E-state index in [4.69, 9.17) is 0 Å². The van der Waals surface area contributed by atoms with Gasteiger partial charge in [-0.3, -0.25) is 0 Å². The minimum Gasteiger partial charge on any atom is -0.392 e. The first kappa shape index (κ1) is 19.5. The third-order valence-corrected chi connectivity index (χ3v) is 6.35. The summed E-state index contributed by atoms with van der Waals surface area (Å²) in [6.07, 6.45) is 0. The fourth-order valence-electron chi connectivity index (χ4n) is 4.82. The van der Waals surface area contributed by atoms with Gasteiger partial charge in [0.05, 0.1) is 18.0 Å². The van der Waals surface area contributed by atoms with Gasteiger partial charge < -0.3 is 10.0 Å². The van der Waals surface area contributed by atoms with Crippen molar-refractivity contribution >= 4 is 49.4 Å². The van der Waals surface area contributed by atoms with E-state index in [-0.39, 0.29) is 6.61 Å². The molecule has 1 N–H and O–H groups in total. The first-order valence-electron chi connectivity index (χ1n) is 11.2. The van der Waals surface area contributed by atoms with Gasteiger partial charge in [-0.1, -0.05) is 97.1 Å². The minimum absolute atomic E-state index is 0.00961. The van der Waals surface area contributed by atoms with Crippen LogP contribution in [0.4, 0.5) is 17.1 Å². The second-order valence-electron chi connectivity index (χ2n) is 8.32. The molecule has 0 saturated heterocycles. The van der Waals surface area contributed by atoms with Crippen molar-refractivity contribution in [2.75, 3.05) is 4.90 Å². The van der Waals surface area contributed by atoms with Gasteiger partial charge in [-0.05, 0) is 51.4 Å². The van der Waals surface area contributed by atoms with E-state index < -0.39 is 0 Å². The molecule has 0 radical (unpaired) electrons. The van der Waals surface area contributed by atoms with Crippen LogP contribution in [0.3, 0.4) is 0 Å². The van der Waals surface area contributed by atoms with Crippen LogP contribution in [0.5, 0.6) is 0 Å². The largest absolute Gasteiger partial charge is 0.392 e. The standard InChI is InChI=1S/C31H23NO/c33-21-22-9-7-13-25(19-22)32(30-18-8-12-23-10-1-4-15-27(23)30)31-20-24-11-2-3-14-26(24)28-16-5-6-17-29(28)31/h1-20,33H,21H2. The summed E-state index contributed by atoms with van der Waals surface area (Å²) in [5, 5.41) is 17.1. The Morgan fingerprint density at radius 3 is 1.94 bits per heavy atom. The highest BCUT2D eigenvalue weighted by Gasteiger charge is 2.19. The maximum absolute atomic E-state index is 9.85. The number of hydrogen-bond acceptors (Lipinski definition) is 2. The van der Waals surface area contributed by atoms with Crippen LogP contribution in [0.1, 0.15) is 5.56 Å². The van der Waals surface area contributed by atoms with E-state index in [1.165, 1.54) is 32.3 Å². The van der Waals surface area contributed by atoms with Crippen molar-refractivity contribution in [3.8, 4) is 0 Å². The molecule has 6 aromatic rings. The summed E-state index contributed by atoms with van der Waals surface area (Å²) in [4.78, 5) is 2.33. The number of anilines is 3. The SMILES string of the molecule is OCc1cccc(N(c2cccc3ccccc23)c2cc3ccccc3c3ccccc23)c1. The Hall–Kier alpha value is -4.14. The molecule has 0 aliphatic carbocycles. The smallest absolute Gasteiger partial charge is 0.0682 e. The zero-order chi connectivity index (χ0) is 22.2. The third kappa shape index (κ3) is 3.32. The van der Waals surface area contributed by atoms with Crippen molar-refractivity contribution in [3.05, 3.63) is 127 Å². The first-order chi connectivity index (χ1) is 16.3. The van der Waals surface area contributed by atoms with E-state index in [2.05, 4.69) is 114 Å². The van der Waals surface area contributed by atoms with E-state index in [1.54, 1.807) is 0 Å². The molecule has 0 atom stereocenters. The van der Waals surface area contributed by atoms with Crippen LogP contribution >= 0.6 is 0 Å². The number of aliphatic hydroxyl groups excluding tert-OH is 1. The summed E-state index contributed by atoms with van der Waals surface area (Å²) >= 11 is 0. The molecular formula is C31H23NO. The molecule has 0 aliphatic rings. The lowest BCUT2D eigenvalue weighted by atomic mass is 9.98. The summed E-state index contributed by atoms with van der Waals surface area (Å²) in [6, 6.07) is 42.6. The Bertz CT molecular complexity index is 1610. The van der Waals surface area contributed by atoms with E-state index in [0.29, 0.717) is 0 Å². The van der Waals surface area contributed by atoms with Crippen LogP contribution in [-0.2, 0) is 6.61 Å². The summed E-state index contributed by atoms with van der Waals surface area (Å²) in [6.45, 7) is 0.00961. The lowest BCUT2D eigenvalue weighted by Gasteiger charge is -2.29. The molecule has 33 heavy (non-hydrogen) atoms. The van der Waals surface area contributed by atoms with Crippen molar-refractivity contribution in [2.24, 2.45) is 0 Å². The predicted octanol–water partition coefficient (Wildman–Crippen LogP) is 8.11. The monoisotopic (exact) mass is 425 g/mol. The summed E-state index contributed by atoms with van der Waals surface area (Å²) in [5.74, 6) is 0. The summed E-state index contributed by atoms with van der Waals surface area (Å²) < 4.78 is 0. The van der Waals surface area contributed by atoms with Crippen LogP contribution < -0.4 is 4.90 Å². The molecule has 0 heterocycles. The van der Waals surface area contributed by atoms with Crippen LogP contribution in [0.15, 0.2) is 121 Å². The minimum atomic E-state index is 0.00961. The molecule has 2 heteroatoms. The number of fused-ring (bicyclic) bond motifs is 4. The van der Waals surface area contributed by atoms with Crippen LogP contribution in [0.2, 0.25) is 0 Å². The molecule has 0 fully saturated rings. The number of hydrogen-bond donors (Lipinski definition) is 1. The van der Waals surface area contributed by atoms with Gasteiger partial charge in [-0.2, -0.15) is 0 Å². The van der Waals surface area contributed by atoms with E-state index >= 15 is 0 Å². The van der Waals surface area contributed by atoms with Gasteiger partial charge >= 0.3 is 0 Å². The molecule has 6 aromatic carbocycles. The maximum atomic E-state index is 9.85. The van der Waals surface area contributed by atoms with Crippen LogP contribution in [0.25, 0.3) is 32.3 Å². The predicted molar refractivity (Wildman–Crippen MR) is 140 cm³/mol. The topological polar surface area (TPSA) is 23.5 Å². The zero-order valence-corrected chi connectivity index (χ0v) is 18.1. The number of rotatable bonds is 4. The van der Waals surface area contributed by atoms with Crippen molar-refractivity contribution < 1.29 is 5.11 Å². The number of nitrogens with zero attached hydrogens (tertiary/aromatic N) is 1. The van der Waals surface area contributed by atoms with E-state index in [0.717, 1.165) is 22.6 Å². The van der Waals surface area contributed by atoms with Crippen LogP contribution in [-0.4, -0.2) is 5.11 Å². The average Bonchev–Trinajstić information content (AvgIpc) is 2.89. The number of benzene rings is 6. The zero-order valence-electron chi connectivity index (χ0n) is 18.1. The lowest BCUT2D eigenvalue weighted by molar-refractivity contribution is 0.282. The van der Waals surface area contributed by atoms with Gasteiger partial charge in [0, 0.05) is 16.5 Å².